The monoisotopic (exact) mass is 375 g/mol. The van der Waals surface area contributed by atoms with Gasteiger partial charge >= 0.3 is 11.7 Å². The molecule has 1 aromatic carbocycles. The van der Waals surface area contributed by atoms with Gasteiger partial charge in [-0.2, -0.15) is 0 Å². The molecule has 1 aromatic heterocycles. The number of carbonyl (C=O) groups excluding carboxylic acids is 2. The standard InChI is InChI=1S/C18H21N3O6/c1-10(2)8-21-15(19)14(16(24)20(3)18(21)26)13(23)9-27-17(25)11-6-4-5-7-12(11)22/h4-7,10,22H,8-9,19H2,1-3H3. The summed E-state index contributed by atoms with van der Waals surface area (Å²) in [5, 5.41) is 9.64. The number of phenols is 1. The molecule has 144 valence electrons. The molecule has 9 heteroatoms. The van der Waals surface area contributed by atoms with Crippen LogP contribution in [-0.4, -0.2) is 32.6 Å². The van der Waals surface area contributed by atoms with Gasteiger partial charge in [-0.25, -0.2) is 9.59 Å². The molecule has 0 aliphatic rings. The number of hydrogen-bond donors (Lipinski definition) is 2. The molecule has 0 aliphatic heterocycles. The van der Waals surface area contributed by atoms with E-state index in [2.05, 4.69) is 0 Å². The van der Waals surface area contributed by atoms with Crippen LogP contribution in [0, 0.1) is 5.92 Å². The zero-order chi connectivity index (χ0) is 20.3. The number of para-hydroxylation sites is 1. The SMILES string of the molecule is CC(C)Cn1c(N)c(C(=O)COC(=O)c2ccccc2O)c(=O)n(C)c1=O. The van der Waals surface area contributed by atoms with Crippen LogP contribution >= 0.6 is 0 Å². The van der Waals surface area contributed by atoms with Crippen molar-refractivity contribution in [2.45, 2.75) is 20.4 Å². The molecule has 0 atom stereocenters. The average Bonchev–Trinajstić information content (AvgIpc) is 2.62. The maximum atomic E-state index is 12.5. The van der Waals surface area contributed by atoms with Crippen LogP contribution < -0.4 is 17.0 Å². The average molecular weight is 375 g/mol. The third-order valence-electron chi connectivity index (χ3n) is 3.87. The lowest BCUT2D eigenvalue weighted by Crippen LogP contribution is -2.43. The molecule has 2 rings (SSSR count). The van der Waals surface area contributed by atoms with Crippen molar-refractivity contribution in [3.63, 3.8) is 0 Å². The van der Waals surface area contributed by atoms with E-state index >= 15 is 0 Å². The van der Waals surface area contributed by atoms with Gasteiger partial charge in [0, 0.05) is 13.6 Å². The molecule has 0 saturated heterocycles. The summed E-state index contributed by atoms with van der Waals surface area (Å²) in [6.45, 7) is 3.17. The Morgan fingerprint density at radius 2 is 1.85 bits per heavy atom. The van der Waals surface area contributed by atoms with Crippen LogP contribution in [0.3, 0.4) is 0 Å². The number of nitrogen functional groups attached to an aromatic ring is 1. The largest absolute Gasteiger partial charge is 0.507 e. The fraction of sp³-hybridized carbons (Fsp3) is 0.333. The minimum absolute atomic E-state index is 0.0457. The number of anilines is 1. The lowest BCUT2D eigenvalue weighted by atomic mass is 10.1. The first kappa shape index (κ1) is 20.0. The highest BCUT2D eigenvalue weighted by molar-refractivity contribution is 6.02. The summed E-state index contributed by atoms with van der Waals surface area (Å²) in [6, 6.07) is 5.68. The Kier molecular flexibility index (Phi) is 5.84. The van der Waals surface area contributed by atoms with Crippen molar-refractivity contribution in [1.82, 2.24) is 9.13 Å². The number of carbonyl (C=O) groups is 2. The molecule has 0 amide bonds. The molecular formula is C18H21N3O6. The minimum atomic E-state index is -0.924. The van der Waals surface area contributed by atoms with Crippen LogP contribution in [0.4, 0.5) is 5.82 Å². The Morgan fingerprint density at radius 1 is 1.22 bits per heavy atom. The number of esters is 1. The second-order valence-corrected chi connectivity index (χ2v) is 6.43. The van der Waals surface area contributed by atoms with E-state index in [9.17, 15) is 24.3 Å². The second kappa shape index (κ2) is 7.90. The minimum Gasteiger partial charge on any atom is -0.507 e. The predicted octanol–water partition coefficient (Wildman–Crippen LogP) is 0.530. The molecule has 2 aromatic rings. The maximum absolute atomic E-state index is 12.5. The fourth-order valence-corrected chi connectivity index (χ4v) is 2.51. The summed E-state index contributed by atoms with van der Waals surface area (Å²) < 4.78 is 6.82. The number of aromatic nitrogens is 2. The number of ketones is 1. The van der Waals surface area contributed by atoms with Crippen LogP contribution in [0.1, 0.15) is 34.6 Å². The molecule has 1 heterocycles. The maximum Gasteiger partial charge on any atom is 0.342 e. The molecule has 0 fully saturated rings. The molecular weight excluding hydrogens is 354 g/mol. The third kappa shape index (κ3) is 4.08. The molecule has 0 spiro atoms. The lowest BCUT2D eigenvalue weighted by molar-refractivity contribution is 0.0471. The predicted molar refractivity (Wildman–Crippen MR) is 97.9 cm³/mol. The number of rotatable bonds is 6. The van der Waals surface area contributed by atoms with Gasteiger partial charge in [0.25, 0.3) is 5.56 Å². The van der Waals surface area contributed by atoms with Crippen LogP contribution in [0.25, 0.3) is 0 Å². The number of hydrogen-bond acceptors (Lipinski definition) is 7. The smallest absolute Gasteiger partial charge is 0.342 e. The van der Waals surface area contributed by atoms with E-state index < -0.39 is 35.2 Å². The molecule has 0 radical (unpaired) electrons. The van der Waals surface area contributed by atoms with E-state index in [1.165, 1.54) is 31.3 Å². The van der Waals surface area contributed by atoms with E-state index in [4.69, 9.17) is 10.5 Å². The summed E-state index contributed by atoms with van der Waals surface area (Å²) in [5.41, 5.74) is 3.87. The van der Waals surface area contributed by atoms with E-state index in [1.807, 2.05) is 13.8 Å². The molecule has 0 aliphatic carbocycles. The second-order valence-electron chi connectivity index (χ2n) is 6.43. The zero-order valence-electron chi connectivity index (χ0n) is 15.3. The van der Waals surface area contributed by atoms with Gasteiger partial charge in [-0.15, -0.1) is 0 Å². The molecule has 0 saturated carbocycles. The van der Waals surface area contributed by atoms with Crippen LogP contribution in [0.2, 0.25) is 0 Å². The number of nitrogens with two attached hydrogens (primary N) is 1. The first-order valence-electron chi connectivity index (χ1n) is 8.22. The number of ether oxygens (including phenoxy) is 1. The zero-order valence-corrected chi connectivity index (χ0v) is 15.3. The Morgan fingerprint density at radius 3 is 2.44 bits per heavy atom. The number of Topliss-reactive ketones (excluding diaryl/α,β-unsaturated/α-hetero) is 1. The van der Waals surface area contributed by atoms with Crippen molar-refractivity contribution in [3.8, 4) is 5.75 Å². The molecule has 3 N–H and O–H groups in total. The Bertz CT molecular complexity index is 1000. The summed E-state index contributed by atoms with van der Waals surface area (Å²) in [7, 11) is 1.24. The lowest BCUT2D eigenvalue weighted by Gasteiger charge is -2.16. The normalized spacial score (nSPS) is 10.8. The molecule has 27 heavy (non-hydrogen) atoms. The van der Waals surface area contributed by atoms with Crippen molar-refractivity contribution in [2.24, 2.45) is 13.0 Å². The third-order valence-corrected chi connectivity index (χ3v) is 3.87. The first-order valence-corrected chi connectivity index (χ1v) is 8.22. The van der Waals surface area contributed by atoms with Crippen molar-refractivity contribution < 1.29 is 19.4 Å². The molecule has 9 nitrogen and oxygen atoms in total. The summed E-state index contributed by atoms with van der Waals surface area (Å²) in [6.07, 6.45) is 0. The van der Waals surface area contributed by atoms with Crippen LogP contribution in [-0.2, 0) is 18.3 Å². The quantitative estimate of drug-likeness (QED) is 0.555. The van der Waals surface area contributed by atoms with Gasteiger partial charge in [0.1, 0.15) is 22.7 Å². The Labute approximate surface area is 154 Å². The van der Waals surface area contributed by atoms with Gasteiger partial charge in [-0.05, 0) is 18.1 Å². The van der Waals surface area contributed by atoms with Crippen molar-refractivity contribution in [2.75, 3.05) is 12.3 Å². The van der Waals surface area contributed by atoms with Crippen molar-refractivity contribution in [1.29, 1.82) is 0 Å². The van der Waals surface area contributed by atoms with Gasteiger partial charge in [0.05, 0.1) is 0 Å². The van der Waals surface area contributed by atoms with Crippen molar-refractivity contribution in [3.05, 3.63) is 56.2 Å². The van der Waals surface area contributed by atoms with Gasteiger partial charge < -0.3 is 15.6 Å². The highest BCUT2D eigenvalue weighted by Crippen LogP contribution is 2.17. The van der Waals surface area contributed by atoms with E-state index in [-0.39, 0.29) is 29.6 Å². The number of aromatic hydroxyl groups is 1. The summed E-state index contributed by atoms with van der Waals surface area (Å²) in [5.74, 6) is -2.28. The summed E-state index contributed by atoms with van der Waals surface area (Å²) >= 11 is 0. The van der Waals surface area contributed by atoms with Gasteiger partial charge in [0.15, 0.2) is 6.61 Å². The van der Waals surface area contributed by atoms with Gasteiger partial charge in [-0.1, -0.05) is 26.0 Å². The van der Waals surface area contributed by atoms with Crippen LogP contribution in [0.15, 0.2) is 33.9 Å². The Hall–Kier alpha value is -3.36. The van der Waals surface area contributed by atoms with Crippen molar-refractivity contribution >= 4 is 17.6 Å². The number of nitrogens with zero attached hydrogens (tertiary/aromatic N) is 2. The number of phenolic OH excluding ortho intramolecular Hbond substituents is 1. The highest BCUT2D eigenvalue weighted by Gasteiger charge is 2.23. The highest BCUT2D eigenvalue weighted by atomic mass is 16.5. The summed E-state index contributed by atoms with van der Waals surface area (Å²) in [4.78, 5) is 49.0. The van der Waals surface area contributed by atoms with E-state index in [1.54, 1.807) is 0 Å². The fourth-order valence-electron chi connectivity index (χ4n) is 2.51. The van der Waals surface area contributed by atoms with Crippen LogP contribution in [0.5, 0.6) is 5.75 Å². The van der Waals surface area contributed by atoms with Gasteiger partial charge in [0.2, 0.25) is 5.78 Å². The molecule has 0 bridgehead atoms. The van der Waals surface area contributed by atoms with Gasteiger partial charge in [-0.3, -0.25) is 18.7 Å². The van der Waals surface area contributed by atoms with E-state index in [0.717, 1.165) is 9.13 Å². The first-order chi connectivity index (χ1) is 12.6. The number of benzene rings is 1. The molecule has 0 unspecified atom stereocenters. The Balaban J connectivity index is 2.32. The van der Waals surface area contributed by atoms with E-state index in [0.29, 0.717) is 0 Å². The topological polar surface area (TPSA) is 134 Å².